The first kappa shape index (κ1) is 18.7. The summed E-state index contributed by atoms with van der Waals surface area (Å²) in [5.41, 5.74) is 4.73. The van der Waals surface area contributed by atoms with E-state index >= 15 is 0 Å². The number of carbonyl (C=O) groups excluding carboxylic acids is 2. The number of ether oxygens (including phenoxy) is 2. The van der Waals surface area contributed by atoms with Gasteiger partial charge in [0, 0.05) is 17.8 Å². The molecule has 3 N–H and O–H groups in total. The molecule has 0 aliphatic heterocycles. The first-order chi connectivity index (χ1) is 13.6. The summed E-state index contributed by atoms with van der Waals surface area (Å²) in [7, 11) is 1.40. The Labute approximate surface area is 160 Å². The number of methoxy groups -OCH3 is 1. The average molecular weight is 379 g/mol. The maximum atomic E-state index is 12.2. The van der Waals surface area contributed by atoms with Gasteiger partial charge in [0.05, 0.1) is 7.11 Å². The highest BCUT2D eigenvalue weighted by atomic mass is 16.5. The number of phenolic OH excluding ortho intramolecular Hbond substituents is 1. The molecule has 142 valence electrons. The van der Waals surface area contributed by atoms with Gasteiger partial charge in [0.15, 0.2) is 11.5 Å². The molecular formula is C20H17N3O5. The summed E-state index contributed by atoms with van der Waals surface area (Å²) in [5.74, 6) is -0.132. The SMILES string of the molecule is COc1ccc(C(=O)NNC(=O)c2cc(Oc3ccccc3)ccn2)cc1O. The number of para-hydroxylation sites is 1. The van der Waals surface area contributed by atoms with E-state index in [-0.39, 0.29) is 22.8 Å². The maximum absolute atomic E-state index is 12.2. The van der Waals surface area contributed by atoms with Gasteiger partial charge in [0.2, 0.25) is 0 Å². The number of hydrogen-bond donors (Lipinski definition) is 3. The second-order valence-corrected chi connectivity index (χ2v) is 5.59. The monoisotopic (exact) mass is 379 g/mol. The van der Waals surface area contributed by atoms with Gasteiger partial charge in [-0.3, -0.25) is 25.4 Å². The average Bonchev–Trinajstić information content (AvgIpc) is 2.72. The highest BCUT2D eigenvalue weighted by molar-refractivity contribution is 5.98. The van der Waals surface area contributed by atoms with Crippen molar-refractivity contribution in [2.24, 2.45) is 0 Å². The molecule has 0 atom stereocenters. The van der Waals surface area contributed by atoms with E-state index in [1.54, 1.807) is 18.2 Å². The smallest absolute Gasteiger partial charge is 0.288 e. The van der Waals surface area contributed by atoms with Gasteiger partial charge >= 0.3 is 0 Å². The molecule has 28 heavy (non-hydrogen) atoms. The van der Waals surface area contributed by atoms with Crippen LogP contribution in [-0.4, -0.2) is 29.0 Å². The van der Waals surface area contributed by atoms with E-state index in [1.807, 2.05) is 18.2 Å². The number of nitrogens with zero attached hydrogens (tertiary/aromatic N) is 1. The molecule has 2 aromatic carbocycles. The van der Waals surface area contributed by atoms with Crippen molar-refractivity contribution in [2.75, 3.05) is 7.11 Å². The molecule has 1 heterocycles. The van der Waals surface area contributed by atoms with E-state index in [9.17, 15) is 14.7 Å². The Morgan fingerprint density at radius 2 is 1.68 bits per heavy atom. The first-order valence-corrected chi connectivity index (χ1v) is 8.23. The third-order valence-corrected chi connectivity index (χ3v) is 3.67. The lowest BCUT2D eigenvalue weighted by atomic mass is 10.2. The Bertz CT molecular complexity index is 992. The minimum atomic E-state index is -0.621. The van der Waals surface area contributed by atoms with Crippen LogP contribution < -0.4 is 20.3 Å². The van der Waals surface area contributed by atoms with Crippen LogP contribution in [0.15, 0.2) is 66.9 Å². The van der Waals surface area contributed by atoms with Crippen LogP contribution in [0.1, 0.15) is 20.8 Å². The van der Waals surface area contributed by atoms with Gasteiger partial charge in [-0.25, -0.2) is 0 Å². The van der Waals surface area contributed by atoms with Crippen molar-refractivity contribution in [3.05, 3.63) is 78.1 Å². The van der Waals surface area contributed by atoms with Crippen molar-refractivity contribution in [3.63, 3.8) is 0 Å². The van der Waals surface area contributed by atoms with E-state index in [0.29, 0.717) is 11.5 Å². The fraction of sp³-hybridized carbons (Fsp3) is 0.0500. The van der Waals surface area contributed by atoms with Gasteiger partial charge in [0.25, 0.3) is 11.8 Å². The molecule has 2 amide bonds. The van der Waals surface area contributed by atoms with Crippen LogP contribution in [0.25, 0.3) is 0 Å². The Hall–Kier alpha value is -4.07. The fourth-order valence-corrected chi connectivity index (χ4v) is 2.30. The molecular weight excluding hydrogens is 362 g/mol. The van der Waals surface area contributed by atoms with Gasteiger partial charge in [-0.05, 0) is 36.4 Å². The quantitative estimate of drug-likeness (QED) is 0.588. The second-order valence-electron chi connectivity index (χ2n) is 5.59. The van der Waals surface area contributed by atoms with Crippen molar-refractivity contribution < 1.29 is 24.2 Å². The molecule has 0 aliphatic rings. The number of carbonyl (C=O) groups is 2. The van der Waals surface area contributed by atoms with E-state index in [2.05, 4.69) is 15.8 Å². The summed E-state index contributed by atoms with van der Waals surface area (Å²) in [5, 5.41) is 9.73. The lowest BCUT2D eigenvalue weighted by Gasteiger charge is -2.10. The van der Waals surface area contributed by atoms with E-state index in [1.165, 1.54) is 37.6 Å². The molecule has 0 spiro atoms. The Balaban J connectivity index is 1.62. The fourth-order valence-electron chi connectivity index (χ4n) is 2.30. The summed E-state index contributed by atoms with van der Waals surface area (Å²) >= 11 is 0. The number of aromatic nitrogens is 1. The summed E-state index contributed by atoms with van der Waals surface area (Å²) in [6, 6.07) is 16.3. The third-order valence-electron chi connectivity index (χ3n) is 3.67. The zero-order valence-electron chi connectivity index (χ0n) is 14.9. The number of pyridine rings is 1. The Morgan fingerprint density at radius 1 is 0.929 bits per heavy atom. The number of phenols is 1. The van der Waals surface area contributed by atoms with Crippen LogP contribution in [0, 0.1) is 0 Å². The largest absolute Gasteiger partial charge is 0.504 e. The second kappa shape index (κ2) is 8.54. The highest BCUT2D eigenvalue weighted by Gasteiger charge is 2.13. The first-order valence-electron chi connectivity index (χ1n) is 8.23. The van der Waals surface area contributed by atoms with Gasteiger partial charge in [-0.1, -0.05) is 18.2 Å². The van der Waals surface area contributed by atoms with E-state index in [4.69, 9.17) is 9.47 Å². The topological polar surface area (TPSA) is 110 Å². The van der Waals surface area contributed by atoms with Gasteiger partial charge in [-0.2, -0.15) is 0 Å². The molecule has 3 aromatic rings. The van der Waals surface area contributed by atoms with Gasteiger partial charge < -0.3 is 14.6 Å². The lowest BCUT2D eigenvalue weighted by Crippen LogP contribution is -2.41. The van der Waals surface area contributed by atoms with Crippen molar-refractivity contribution in [1.29, 1.82) is 0 Å². The molecule has 0 aliphatic carbocycles. The molecule has 0 radical (unpaired) electrons. The number of aromatic hydroxyl groups is 1. The van der Waals surface area contributed by atoms with Crippen molar-refractivity contribution in [1.82, 2.24) is 15.8 Å². The number of hydrazine groups is 1. The third kappa shape index (κ3) is 4.55. The van der Waals surface area contributed by atoms with Crippen molar-refractivity contribution in [2.45, 2.75) is 0 Å². The molecule has 8 nitrogen and oxygen atoms in total. The van der Waals surface area contributed by atoms with Crippen LogP contribution >= 0.6 is 0 Å². The molecule has 3 rings (SSSR count). The number of hydrogen-bond acceptors (Lipinski definition) is 6. The predicted molar refractivity (Wildman–Crippen MR) is 100 cm³/mol. The molecule has 0 fully saturated rings. The zero-order chi connectivity index (χ0) is 19.9. The molecule has 0 saturated carbocycles. The van der Waals surface area contributed by atoms with E-state index < -0.39 is 11.8 Å². The summed E-state index contributed by atoms with van der Waals surface area (Å²) < 4.78 is 10.6. The maximum Gasteiger partial charge on any atom is 0.288 e. The van der Waals surface area contributed by atoms with Crippen LogP contribution in [0.5, 0.6) is 23.0 Å². The van der Waals surface area contributed by atoms with Crippen LogP contribution in [0.4, 0.5) is 0 Å². The summed E-state index contributed by atoms with van der Waals surface area (Å²) in [6.45, 7) is 0. The molecule has 0 bridgehead atoms. The standard InChI is InChI=1S/C20H17N3O5/c1-27-18-8-7-13(11-17(18)24)19(25)22-23-20(26)16-12-15(9-10-21-16)28-14-5-3-2-4-6-14/h2-12,24H,1H3,(H,22,25)(H,23,26). The number of rotatable bonds is 5. The zero-order valence-corrected chi connectivity index (χ0v) is 14.9. The molecule has 8 heteroatoms. The van der Waals surface area contributed by atoms with Crippen molar-refractivity contribution >= 4 is 11.8 Å². The Morgan fingerprint density at radius 3 is 2.39 bits per heavy atom. The number of benzene rings is 2. The predicted octanol–water partition coefficient (Wildman–Crippen LogP) is 2.66. The number of amides is 2. The normalized spacial score (nSPS) is 10.0. The molecule has 0 saturated heterocycles. The van der Waals surface area contributed by atoms with Crippen LogP contribution in [-0.2, 0) is 0 Å². The summed E-state index contributed by atoms with van der Waals surface area (Å²) in [4.78, 5) is 28.3. The van der Waals surface area contributed by atoms with Gasteiger partial charge in [0.1, 0.15) is 17.2 Å². The lowest BCUT2D eigenvalue weighted by molar-refractivity contribution is 0.0843. The number of nitrogens with one attached hydrogen (secondary N) is 2. The van der Waals surface area contributed by atoms with Crippen LogP contribution in [0.3, 0.4) is 0 Å². The van der Waals surface area contributed by atoms with Crippen molar-refractivity contribution in [3.8, 4) is 23.0 Å². The Kier molecular flexibility index (Phi) is 5.71. The highest BCUT2D eigenvalue weighted by Crippen LogP contribution is 2.26. The molecule has 0 unspecified atom stereocenters. The van der Waals surface area contributed by atoms with Crippen LogP contribution in [0.2, 0.25) is 0 Å². The summed E-state index contributed by atoms with van der Waals surface area (Å²) in [6.07, 6.45) is 1.43. The minimum Gasteiger partial charge on any atom is -0.504 e. The molecule has 1 aromatic heterocycles. The van der Waals surface area contributed by atoms with E-state index in [0.717, 1.165) is 0 Å². The van der Waals surface area contributed by atoms with Gasteiger partial charge in [-0.15, -0.1) is 0 Å². The minimum absolute atomic E-state index is 0.0614.